The molecule has 0 saturated carbocycles. The van der Waals surface area contributed by atoms with E-state index in [0.717, 1.165) is 43.5 Å². The van der Waals surface area contributed by atoms with Crippen LogP contribution in [0.2, 0.25) is 0 Å². The third kappa shape index (κ3) is 4.86. The number of carbonyl (C=O) groups is 2. The molecule has 0 spiro atoms. The summed E-state index contributed by atoms with van der Waals surface area (Å²) in [5, 5.41) is 2.95. The van der Waals surface area contributed by atoms with E-state index < -0.39 is 0 Å². The molecule has 3 rings (SSSR count). The van der Waals surface area contributed by atoms with Crippen molar-refractivity contribution in [3.63, 3.8) is 0 Å². The summed E-state index contributed by atoms with van der Waals surface area (Å²) in [6.07, 6.45) is 10.8. The minimum atomic E-state index is -0.0236. The summed E-state index contributed by atoms with van der Waals surface area (Å²) in [5.41, 5.74) is 6.83. The van der Waals surface area contributed by atoms with Crippen LogP contribution in [-0.2, 0) is 17.6 Å². The molecule has 1 atom stereocenters. The third-order valence-electron chi connectivity index (χ3n) is 5.50. The Morgan fingerprint density at radius 3 is 2.77 bits per heavy atom. The first-order valence-corrected chi connectivity index (χ1v) is 10.9. The molecule has 2 amide bonds. The van der Waals surface area contributed by atoms with Crippen molar-refractivity contribution < 1.29 is 9.59 Å². The molecular formula is C20H31N3O2S. The van der Waals surface area contributed by atoms with Gasteiger partial charge < -0.3 is 16.0 Å². The third-order valence-corrected chi connectivity index (χ3v) is 6.73. The highest BCUT2D eigenvalue weighted by molar-refractivity contribution is 7.14. The van der Waals surface area contributed by atoms with Gasteiger partial charge in [-0.1, -0.05) is 12.8 Å². The average molecular weight is 378 g/mol. The van der Waals surface area contributed by atoms with Gasteiger partial charge in [0.25, 0.3) is 5.91 Å². The van der Waals surface area contributed by atoms with Gasteiger partial charge in [-0.25, -0.2) is 0 Å². The fraction of sp³-hybridized carbons (Fsp3) is 0.700. The number of amides is 2. The minimum Gasteiger partial charge on any atom is -0.354 e. The predicted octanol–water partition coefficient (Wildman–Crippen LogP) is 2.87. The quantitative estimate of drug-likeness (QED) is 0.828. The monoisotopic (exact) mass is 377 g/mol. The standard InChI is InChI=1S/C20H31N3O2S/c21-11-10-19(24)22-14-16-8-5-6-12-23(16)20(25)18-13-15-7-3-1-2-4-9-17(15)26-18/h13,16H,1-12,14,21H2,(H,22,24). The second-order valence-corrected chi connectivity index (χ2v) is 8.60. The number of hydrogen-bond donors (Lipinski definition) is 2. The van der Waals surface area contributed by atoms with Gasteiger partial charge in [0.2, 0.25) is 5.91 Å². The van der Waals surface area contributed by atoms with Crippen molar-refractivity contribution in [2.75, 3.05) is 19.6 Å². The summed E-state index contributed by atoms with van der Waals surface area (Å²) in [6.45, 7) is 1.69. The average Bonchev–Trinajstić information content (AvgIpc) is 3.02. The van der Waals surface area contributed by atoms with E-state index in [2.05, 4.69) is 11.4 Å². The Kier molecular flexibility index (Phi) is 7.08. The lowest BCUT2D eigenvalue weighted by Gasteiger charge is -2.35. The number of aryl methyl sites for hydroxylation is 2. The number of nitrogens with zero attached hydrogens (tertiary/aromatic N) is 1. The number of fused-ring (bicyclic) bond motifs is 1. The summed E-state index contributed by atoms with van der Waals surface area (Å²) < 4.78 is 0. The van der Waals surface area contributed by atoms with Gasteiger partial charge in [-0.15, -0.1) is 11.3 Å². The lowest BCUT2D eigenvalue weighted by Crippen LogP contribution is -2.49. The Labute approximate surface area is 160 Å². The topological polar surface area (TPSA) is 75.4 Å². The van der Waals surface area contributed by atoms with Crippen LogP contribution in [0.15, 0.2) is 6.07 Å². The van der Waals surface area contributed by atoms with E-state index >= 15 is 0 Å². The van der Waals surface area contributed by atoms with Gasteiger partial charge in [0.05, 0.1) is 4.88 Å². The van der Waals surface area contributed by atoms with Gasteiger partial charge in [0, 0.05) is 37.0 Å². The molecule has 1 aromatic heterocycles. The van der Waals surface area contributed by atoms with E-state index in [9.17, 15) is 9.59 Å². The van der Waals surface area contributed by atoms with Crippen molar-refractivity contribution in [1.82, 2.24) is 10.2 Å². The number of carbonyl (C=O) groups excluding carboxylic acids is 2. The molecule has 0 radical (unpaired) electrons. The number of likely N-dealkylation sites (tertiary alicyclic amines) is 1. The first-order valence-electron chi connectivity index (χ1n) is 10.1. The summed E-state index contributed by atoms with van der Waals surface area (Å²) in [5.74, 6) is 0.129. The van der Waals surface area contributed by atoms with Crippen LogP contribution in [-0.4, -0.2) is 42.4 Å². The number of piperidine rings is 1. The normalized spacial score (nSPS) is 20.8. The number of hydrogen-bond acceptors (Lipinski definition) is 4. The van der Waals surface area contributed by atoms with Crippen LogP contribution in [0.1, 0.15) is 71.5 Å². The first kappa shape index (κ1) is 19.4. The molecular weight excluding hydrogens is 346 g/mol. The summed E-state index contributed by atoms with van der Waals surface area (Å²) in [7, 11) is 0. The molecule has 5 nitrogen and oxygen atoms in total. The summed E-state index contributed by atoms with van der Waals surface area (Å²) in [6, 6.07) is 2.24. The van der Waals surface area contributed by atoms with Crippen molar-refractivity contribution in [3.8, 4) is 0 Å². The van der Waals surface area contributed by atoms with Gasteiger partial charge in [-0.05, 0) is 56.6 Å². The van der Waals surface area contributed by atoms with Crippen molar-refractivity contribution in [3.05, 3.63) is 21.4 Å². The van der Waals surface area contributed by atoms with E-state index in [0.29, 0.717) is 19.5 Å². The zero-order valence-electron chi connectivity index (χ0n) is 15.6. The fourth-order valence-electron chi connectivity index (χ4n) is 4.02. The molecule has 144 valence electrons. The minimum absolute atomic E-state index is 0.0236. The van der Waals surface area contributed by atoms with Gasteiger partial charge in [0.15, 0.2) is 0 Å². The maximum absolute atomic E-state index is 13.2. The Morgan fingerprint density at radius 1 is 1.15 bits per heavy atom. The van der Waals surface area contributed by atoms with Crippen LogP contribution < -0.4 is 11.1 Å². The molecule has 6 heteroatoms. The number of rotatable bonds is 5. The fourth-order valence-corrected chi connectivity index (χ4v) is 5.23. The van der Waals surface area contributed by atoms with Crippen LogP contribution in [0.3, 0.4) is 0 Å². The highest BCUT2D eigenvalue weighted by atomic mass is 32.1. The van der Waals surface area contributed by atoms with Crippen molar-refractivity contribution in [2.45, 2.75) is 70.3 Å². The van der Waals surface area contributed by atoms with Gasteiger partial charge in [-0.3, -0.25) is 9.59 Å². The van der Waals surface area contributed by atoms with Crippen LogP contribution >= 0.6 is 11.3 Å². The molecule has 1 aliphatic carbocycles. The summed E-state index contributed by atoms with van der Waals surface area (Å²) >= 11 is 1.70. The molecule has 2 heterocycles. The molecule has 26 heavy (non-hydrogen) atoms. The van der Waals surface area contributed by atoms with Crippen molar-refractivity contribution in [1.29, 1.82) is 0 Å². The Morgan fingerprint density at radius 2 is 1.96 bits per heavy atom. The Hall–Kier alpha value is -1.40. The summed E-state index contributed by atoms with van der Waals surface area (Å²) in [4.78, 5) is 29.2. The molecule has 1 unspecified atom stereocenters. The van der Waals surface area contributed by atoms with Crippen LogP contribution in [0.5, 0.6) is 0 Å². The molecule has 2 aliphatic rings. The zero-order chi connectivity index (χ0) is 18.4. The second kappa shape index (κ2) is 9.51. The smallest absolute Gasteiger partial charge is 0.264 e. The number of nitrogens with one attached hydrogen (secondary N) is 1. The van der Waals surface area contributed by atoms with Gasteiger partial charge in [0.1, 0.15) is 0 Å². The molecule has 1 fully saturated rings. The predicted molar refractivity (Wildman–Crippen MR) is 106 cm³/mol. The first-order chi connectivity index (χ1) is 12.7. The number of thiophene rings is 1. The molecule has 1 aromatic rings. The molecule has 1 aliphatic heterocycles. The van der Waals surface area contributed by atoms with Crippen molar-refractivity contribution >= 4 is 23.2 Å². The lowest BCUT2D eigenvalue weighted by molar-refractivity contribution is -0.121. The van der Waals surface area contributed by atoms with E-state index in [4.69, 9.17) is 5.73 Å². The van der Waals surface area contributed by atoms with Crippen LogP contribution in [0, 0.1) is 0 Å². The van der Waals surface area contributed by atoms with Gasteiger partial charge >= 0.3 is 0 Å². The van der Waals surface area contributed by atoms with E-state index in [-0.39, 0.29) is 17.9 Å². The highest BCUT2D eigenvalue weighted by Gasteiger charge is 2.29. The maximum Gasteiger partial charge on any atom is 0.264 e. The second-order valence-electron chi connectivity index (χ2n) is 7.46. The van der Waals surface area contributed by atoms with Gasteiger partial charge in [-0.2, -0.15) is 0 Å². The molecule has 1 saturated heterocycles. The molecule has 3 N–H and O–H groups in total. The maximum atomic E-state index is 13.2. The van der Waals surface area contributed by atoms with Crippen LogP contribution in [0.4, 0.5) is 0 Å². The Bertz CT molecular complexity index is 603. The SMILES string of the molecule is NCCC(=O)NCC1CCCCN1C(=O)c1cc2c(s1)CCCCCC2. The van der Waals surface area contributed by atoms with E-state index in [1.54, 1.807) is 11.3 Å². The number of nitrogens with two attached hydrogens (primary N) is 1. The zero-order valence-corrected chi connectivity index (χ0v) is 16.4. The van der Waals surface area contributed by atoms with Crippen LogP contribution in [0.25, 0.3) is 0 Å². The molecule has 0 aromatic carbocycles. The van der Waals surface area contributed by atoms with Crippen molar-refractivity contribution in [2.24, 2.45) is 5.73 Å². The lowest BCUT2D eigenvalue weighted by atomic mass is 9.99. The highest BCUT2D eigenvalue weighted by Crippen LogP contribution is 2.30. The Balaban J connectivity index is 1.68. The molecule has 0 bridgehead atoms. The van der Waals surface area contributed by atoms with E-state index in [1.807, 2.05) is 4.90 Å². The largest absolute Gasteiger partial charge is 0.354 e. The van der Waals surface area contributed by atoms with E-state index in [1.165, 1.54) is 36.1 Å².